The summed E-state index contributed by atoms with van der Waals surface area (Å²) >= 11 is 1.52. The van der Waals surface area contributed by atoms with Crippen LogP contribution < -0.4 is 5.73 Å². The zero-order valence-corrected chi connectivity index (χ0v) is 14.4. The van der Waals surface area contributed by atoms with Gasteiger partial charge in [0.25, 0.3) is 0 Å². The Hall–Kier alpha value is -1.35. The third kappa shape index (κ3) is 2.48. The minimum Gasteiger partial charge on any atom is -0.375 e. The van der Waals surface area contributed by atoms with Gasteiger partial charge >= 0.3 is 0 Å². The minimum atomic E-state index is 0.143. The Morgan fingerprint density at radius 3 is 2.52 bits per heavy atom. The lowest BCUT2D eigenvalue weighted by Crippen LogP contribution is -2.16. The molecule has 0 bridgehead atoms. The number of hydrogen-bond acceptors (Lipinski definition) is 3. The van der Waals surface area contributed by atoms with Crippen LogP contribution in [0.2, 0.25) is 0 Å². The molecular weight excluding hydrogens is 276 g/mol. The van der Waals surface area contributed by atoms with E-state index in [0.29, 0.717) is 5.13 Å². The molecule has 1 aromatic heterocycles. The molecule has 0 radical (unpaired) electrons. The number of benzene rings is 1. The molecule has 1 aliphatic carbocycles. The lowest BCUT2D eigenvalue weighted by molar-refractivity contribution is 0.519. The summed E-state index contributed by atoms with van der Waals surface area (Å²) in [7, 11) is 0. The highest BCUT2D eigenvalue weighted by Crippen LogP contribution is 2.45. The number of aromatic nitrogens is 1. The van der Waals surface area contributed by atoms with E-state index in [1.54, 1.807) is 0 Å². The number of anilines is 1. The van der Waals surface area contributed by atoms with Crippen LogP contribution in [0, 0.1) is 0 Å². The van der Waals surface area contributed by atoms with Crippen LogP contribution in [-0.4, -0.2) is 4.98 Å². The average Bonchev–Trinajstić information content (AvgIpc) is 2.92. The van der Waals surface area contributed by atoms with Gasteiger partial charge in [0.1, 0.15) is 0 Å². The quantitative estimate of drug-likeness (QED) is 0.812. The Bertz CT molecular complexity index is 690. The summed E-state index contributed by atoms with van der Waals surface area (Å²) in [5.41, 5.74) is 12.9. The van der Waals surface area contributed by atoms with E-state index >= 15 is 0 Å². The highest BCUT2D eigenvalue weighted by Gasteiger charge is 2.33. The first kappa shape index (κ1) is 14.6. The van der Waals surface area contributed by atoms with Gasteiger partial charge in [-0.25, -0.2) is 4.98 Å². The van der Waals surface area contributed by atoms with E-state index in [0.717, 1.165) is 12.1 Å². The van der Waals surface area contributed by atoms with Gasteiger partial charge < -0.3 is 5.73 Å². The molecule has 1 heterocycles. The third-order valence-electron chi connectivity index (χ3n) is 4.64. The maximum atomic E-state index is 5.85. The second kappa shape index (κ2) is 4.57. The molecule has 0 saturated carbocycles. The summed E-state index contributed by atoms with van der Waals surface area (Å²) in [5.74, 6) is 0. The molecule has 0 fully saturated rings. The van der Waals surface area contributed by atoms with Crippen molar-refractivity contribution in [1.29, 1.82) is 0 Å². The van der Waals surface area contributed by atoms with Crippen LogP contribution in [0.4, 0.5) is 5.13 Å². The van der Waals surface area contributed by atoms with Crippen molar-refractivity contribution >= 4 is 16.5 Å². The first-order valence-electron chi connectivity index (χ1n) is 7.58. The topological polar surface area (TPSA) is 38.9 Å². The monoisotopic (exact) mass is 300 g/mol. The number of rotatable bonds is 1. The van der Waals surface area contributed by atoms with E-state index in [1.807, 2.05) is 0 Å². The molecule has 3 rings (SSSR count). The molecule has 0 spiro atoms. The fourth-order valence-corrected chi connectivity index (χ4v) is 3.75. The smallest absolute Gasteiger partial charge is 0.180 e. The molecule has 21 heavy (non-hydrogen) atoms. The van der Waals surface area contributed by atoms with Crippen LogP contribution in [0.15, 0.2) is 17.5 Å². The summed E-state index contributed by atoms with van der Waals surface area (Å²) in [6.07, 6.45) is 2.35. The van der Waals surface area contributed by atoms with Gasteiger partial charge in [-0.15, -0.1) is 11.3 Å². The van der Waals surface area contributed by atoms with Crippen LogP contribution in [0.3, 0.4) is 0 Å². The highest BCUT2D eigenvalue weighted by atomic mass is 32.1. The molecule has 0 atom stereocenters. The second-order valence-electron chi connectivity index (χ2n) is 7.75. The number of nitrogens with two attached hydrogens (primary N) is 1. The summed E-state index contributed by atoms with van der Waals surface area (Å²) in [4.78, 5) is 4.53. The number of nitrogens with zero attached hydrogens (tertiary/aromatic N) is 1. The van der Waals surface area contributed by atoms with Gasteiger partial charge in [0, 0.05) is 10.9 Å². The molecule has 0 aliphatic heterocycles. The summed E-state index contributed by atoms with van der Waals surface area (Å²) < 4.78 is 0. The fraction of sp³-hybridized carbons (Fsp3) is 0.500. The molecule has 2 nitrogen and oxygen atoms in total. The Morgan fingerprint density at radius 1 is 1.24 bits per heavy atom. The normalized spacial score (nSPS) is 17.0. The largest absolute Gasteiger partial charge is 0.375 e. The molecule has 1 aliphatic rings. The predicted octanol–water partition coefficient (Wildman–Crippen LogP) is 4.91. The van der Waals surface area contributed by atoms with Gasteiger partial charge in [0.05, 0.1) is 5.69 Å². The van der Waals surface area contributed by atoms with Crippen molar-refractivity contribution < 1.29 is 0 Å². The molecule has 0 unspecified atom stereocenters. The first-order valence-corrected chi connectivity index (χ1v) is 8.46. The van der Waals surface area contributed by atoms with Gasteiger partial charge in [0.2, 0.25) is 0 Å². The molecule has 1 aromatic carbocycles. The Kier molecular flexibility index (Phi) is 3.17. The van der Waals surface area contributed by atoms with E-state index in [-0.39, 0.29) is 10.8 Å². The maximum absolute atomic E-state index is 5.85. The molecule has 2 N–H and O–H groups in total. The number of thiazole rings is 1. The van der Waals surface area contributed by atoms with Crippen LogP contribution in [0.1, 0.15) is 57.7 Å². The molecule has 112 valence electrons. The maximum Gasteiger partial charge on any atom is 0.180 e. The van der Waals surface area contributed by atoms with Gasteiger partial charge in [-0.1, -0.05) is 40.7 Å². The van der Waals surface area contributed by atoms with Crippen molar-refractivity contribution in [3.8, 4) is 11.3 Å². The summed E-state index contributed by atoms with van der Waals surface area (Å²) in [6, 6.07) is 4.75. The lowest BCUT2D eigenvalue weighted by Gasteiger charge is -2.25. The van der Waals surface area contributed by atoms with E-state index in [2.05, 4.69) is 57.1 Å². The lowest BCUT2D eigenvalue weighted by atomic mass is 9.79. The minimum absolute atomic E-state index is 0.143. The van der Waals surface area contributed by atoms with Crippen LogP contribution in [-0.2, 0) is 17.3 Å². The molecule has 0 saturated heterocycles. The highest BCUT2D eigenvalue weighted by molar-refractivity contribution is 7.13. The average molecular weight is 300 g/mol. The predicted molar refractivity (Wildman–Crippen MR) is 92.0 cm³/mol. The van der Waals surface area contributed by atoms with Gasteiger partial charge in [-0.2, -0.15) is 0 Å². The molecule has 0 amide bonds. The zero-order valence-electron chi connectivity index (χ0n) is 13.6. The van der Waals surface area contributed by atoms with E-state index in [1.165, 1.54) is 40.0 Å². The van der Waals surface area contributed by atoms with Crippen molar-refractivity contribution in [3.05, 3.63) is 34.2 Å². The first-order chi connectivity index (χ1) is 9.68. The van der Waals surface area contributed by atoms with Gasteiger partial charge in [-0.05, 0) is 46.4 Å². The fourth-order valence-electron chi connectivity index (χ4n) is 3.19. The van der Waals surface area contributed by atoms with E-state index in [9.17, 15) is 0 Å². The SMILES string of the molecule is CC(C)(C)c1cc(-c2csc(N)n2)c2c(c1)C(C)(C)CC2. The van der Waals surface area contributed by atoms with Crippen molar-refractivity contribution in [2.45, 2.75) is 58.3 Å². The van der Waals surface area contributed by atoms with E-state index in [4.69, 9.17) is 5.73 Å². The van der Waals surface area contributed by atoms with E-state index < -0.39 is 0 Å². The Morgan fingerprint density at radius 2 is 1.95 bits per heavy atom. The van der Waals surface area contributed by atoms with Crippen LogP contribution in [0.5, 0.6) is 0 Å². The number of fused-ring (bicyclic) bond motifs is 1. The summed E-state index contributed by atoms with van der Waals surface area (Å²) in [6.45, 7) is 11.5. The summed E-state index contributed by atoms with van der Waals surface area (Å²) in [5, 5.41) is 2.74. The van der Waals surface area contributed by atoms with Crippen LogP contribution in [0.25, 0.3) is 11.3 Å². The van der Waals surface area contributed by atoms with Gasteiger partial charge in [0.15, 0.2) is 5.13 Å². The second-order valence-corrected chi connectivity index (χ2v) is 8.64. The molecular formula is C18H24N2S. The zero-order chi connectivity index (χ0) is 15.4. The Labute approximate surface area is 131 Å². The van der Waals surface area contributed by atoms with Crippen molar-refractivity contribution in [1.82, 2.24) is 4.98 Å². The molecule has 2 aromatic rings. The van der Waals surface area contributed by atoms with Crippen molar-refractivity contribution in [3.63, 3.8) is 0 Å². The number of hydrogen-bond donors (Lipinski definition) is 1. The Balaban J connectivity index is 2.27. The van der Waals surface area contributed by atoms with Crippen molar-refractivity contribution in [2.75, 3.05) is 5.73 Å². The number of nitrogen functional groups attached to an aromatic ring is 1. The molecule has 3 heteroatoms. The third-order valence-corrected chi connectivity index (χ3v) is 5.32. The van der Waals surface area contributed by atoms with Gasteiger partial charge in [-0.3, -0.25) is 0 Å². The van der Waals surface area contributed by atoms with Crippen LogP contribution >= 0.6 is 11.3 Å². The van der Waals surface area contributed by atoms with Crippen molar-refractivity contribution in [2.24, 2.45) is 0 Å². The standard InChI is InChI=1S/C18H24N2S/c1-17(2,3)11-8-13(15-10-21-16(19)20-15)12-6-7-18(4,5)14(12)9-11/h8-10H,6-7H2,1-5H3,(H2,19,20).